The third kappa shape index (κ3) is 4.00. The van der Waals surface area contributed by atoms with E-state index in [1.54, 1.807) is 20.5 Å². The Morgan fingerprint density at radius 3 is 2.46 bits per heavy atom. The normalized spacial score (nSPS) is 13.9. The first-order valence-corrected chi connectivity index (χ1v) is 12.3. The summed E-state index contributed by atoms with van der Waals surface area (Å²) in [4.78, 5) is 4.68. The zero-order valence-electron chi connectivity index (χ0n) is 20.8. The molecule has 1 unspecified atom stereocenters. The van der Waals surface area contributed by atoms with Crippen LogP contribution in [-0.2, 0) is 13.0 Å². The van der Waals surface area contributed by atoms with Gasteiger partial charge in [-0.15, -0.1) is 0 Å². The van der Waals surface area contributed by atoms with Crippen molar-refractivity contribution in [2.45, 2.75) is 18.9 Å². The first-order valence-electron chi connectivity index (χ1n) is 12.3. The average molecular weight is 490 g/mol. The van der Waals surface area contributed by atoms with Crippen molar-refractivity contribution in [3.63, 3.8) is 0 Å². The van der Waals surface area contributed by atoms with E-state index in [0.717, 1.165) is 38.8 Å². The molecule has 0 spiro atoms. The second kappa shape index (κ2) is 9.47. The highest BCUT2D eigenvalue weighted by Crippen LogP contribution is 2.47. The maximum absolute atomic E-state index is 9.26. The Kier molecular flexibility index (Phi) is 5.85. The predicted octanol–water partition coefficient (Wildman–Crippen LogP) is 6.06. The summed E-state index contributed by atoms with van der Waals surface area (Å²) in [5.41, 5.74) is 4.46. The molecule has 6 nitrogen and oxygen atoms in total. The number of methoxy groups -OCH3 is 2. The topological polar surface area (TPSA) is 69.4 Å². The van der Waals surface area contributed by atoms with Gasteiger partial charge in [0.15, 0.2) is 11.5 Å². The van der Waals surface area contributed by atoms with Crippen LogP contribution in [0.1, 0.15) is 28.2 Å². The Labute approximate surface area is 215 Å². The Bertz CT molecular complexity index is 1660. The molecule has 1 N–H and O–H groups in total. The van der Waals surface area contributed by atoms with Crippen LogP contribution in [-0.4, -0.2) is 23.8 Å². The molecule has 0 bridgehead atoms. The molecular weight excluding hydrogens is 462 g/mol. The number of hydrogen-bond acceptors (Lipinski definition) is 5. The standard InChI is InChI=1S/C31H27N3O3/c1-35-24-14-12-20(18-26(24)36-2)16-17-34-19-33-31-29(30(34)32)27(22-9-4-3-5-10-22)28-23-11-7-6-8-21(23)13-15-25(28)37-31/h3-15,18-19,27,32H,16-17H2,1-2H3. The summed E-state index contributed by atoms with van der Waals surface area (Å²) in [6.45, 7) is 0.596. The Morgan fingerprint density at radius 1 is 0.865 bits per heavy atom. The second-order valence-corrected chi connectivity index (χ2v) is 9.09. The van der Waals surface area contributed by atoms with Gasteiger partial charge in [0.25, 0.3) is 0 Å². The minimum atomic E-state index is -0.167. The SMILES string of the molecule is COc1ccc(CCn2cnc3c(c2=N)C(c2ccccc2)c2c(ccc4ccccc24)O3)cc1OC. The van der Waals surface area contributed by atoms with E-state index in [-0.39, 0.29) is 5.92 Å². The quantitative estimate of drug-likeness (QED) is 0.309. The van der Waals surface area contributed by atoms with Gasteiger partial charge in [0.1, 0.15) is 17.6 Å². The van der Waals surface area contributed by atoms with E-state index in [2.05, 4.69) is 35.3 Å². The molecule has 5 aromatic rings. The number of fused-ring (bicyclic) bond motifs is 4. The molecule has 1 atom stereocenters. The van der Waals surface area contributed by atoms with E-state index in [4.69, 9.17) is 14.2 Å². The summed E-state index contributed by atoms with van der Waals surface area (Å²) in [5, 5.41) is 11.5. The van der Waals surface area contributed by atoms with Crippen molar-refractivity contribution < 1.29 is 14.2 Å². The molecule has 6 heteroatoms. The van der Waals surface area contributed by atoms with Crippen LogP contribution in [0.5, 0.6) is 23.1 Å². The molecule has 184 valence electrons. The van der Waals surface area contributed by atoms with Crippen molar-refractivity contribution in [2.24, 2.45) is 0 Å². The number of aromatic nitrogens is 2. The van der Waals surface area contributed by atoms with Crippen molar-refractivity contribution in [1.29, 1.82) is 5.41 Å². The Morgan fingerprint density at radius 2 is 1.65 bits per heavy atom. The molecule has 0 aliphatic carbocycles. The van der Waals surface area contributed by atoms with Crippen LogP contribution in [0, 0.1) is 5.41 Å². The summed E-state index contributed by atoms with van der Waals surface area (Å²) >= 11 is 0. The van der Waals surface area contributed by atoms with Crippen molar-refractivity contribution >= 4 is 10.8 Å². The molecule has 1 aliphatic heterocycles. The number of benzene rings is 4. The smallest absolute Gasteiger partial charge is 0.228 e. The highest BCUT2D eigenvalue weighted by molar-refractivity contribution is 5.90. The maximum Gasteiger partial charge on any atom is 0.228 e. The Balaban J connectivity index is 1.45. The van der Waals surface area contributed by atoms with Crippen LogP contribution < -0.4 is 19.7 Å². The predicted molar refractivity (Wildman–Crippen MR) is 143 cm³/mol. The number of ether oxygens (including phenoxy) is 3. The van der Waals surface area contributed by atoms with Crippen molar-refractivity contribution in [2.75, 3.05) is 14.2 Å². The van der Waals surface area contributed by atoms with E-state index in [1.165, 1.54) is 0 Å². The molecular formula is C31H27N3O3. The van der Waals surface area contributed by atoms with Gasteiger partial charge < -0.3 is 18.8 Å². The van der Waals surface area contributed by atoms with Gasteiger partial charge in [0, 0.05) is 18.0 Å². The summed E-state index contributed by atoms with van der Waals surface area (Å²) in [6, 6.07) is 28.7. The van der Waals surface area contributed by atoms with Crippen molar-refractivity contribution in [3.05, 3.63) is 119 Å². The molecule has 6 rings (SSSR count). The molecule has 1 aromatic heterocycles. The lowest BCUT2D eigenvalue weighted by molar-refractivity contribution is 0.354. The third-order valence-electron chi connectivity index (χ3n) is 7.02. The van der Waals surface area contributed by atoms with Gasteiger partial charge in [-0.3, -0.25) is 5.41 Å². The van der Waals surface area contributed by atoms with Crippen LogP contribution in [0.4, 0.5) is 0 Å². The number of nitrogens with one attached hydrogen (secondary N) is 1. The maximum atomic E-state index is 9.26. The molecule has 0 radical (unpaired) electrons. The number of aryl methyl sites for hydroxylation is 2. The van der Waals surface area contributed by atoms with Crippen molar-refractivity contribution in [3.8, 4) is 23.1 Å². The third-order valence-corrected chi connectivity index (χ3v) is 7.02. The molecule has 1 aliphatic rings. The molecule has 0 saturated carbocycles. The molecule has 0 amide bonds. The fourth-order valence-corrected chi connectivity index (χ4v) is 5.19. The van der Waals surface area contributed by atoms with Crippen LogP contribution in [0.25, 0.3) is 10.8 Å². The molecule has 0 fully saturated rings. The first kappa shape index (κ1) is 22.9. The van der Waals surface area contributed by atoms with Crippen molar-refractivity contribution in [1.82, 2.24) is 9.55 Å². The van der Waals surface area contributed by atoms with E-state index in [0.29, 0.717) is 35.8 Å². The van der Waals surface area contributed by atoms with Gasteiger partial charge in [0.2, 0.25) is 5.88 Å². The van der Waals surface area contributed by atoms with Gasteiger partial charge in [-0.05, 0) is 46.5 Å². The molecule has 37 heavy (non-hydrogen) atoms. The van der Waals surface area contributed by atoms with Crippen LogP contribution >= 0.6 is 0 Å². The van der Waals surface area contributed by atoms with Crippen LogP contribution in [0.15, 0.2) is 91.3 Å². The van der Waals surface area contributed by atoms with Gasteiger partial charge >= 0.3 is 0 Å². The minimum Gasteiger partial charge on any atom is -0.493 e. The first-order chi connectivity index (χ1) is 18.2. The van der Waals surface area contributed by atoms with E-state index < -0.39 is 0 Å². The van der Waals surface area contributed by atoms with E-state index in [1.807, 2.05) is 59.2 Å². The molecule has 0 saturated heterocycles. The van der Waals surface area contributed by atoms with Crippen LogP contribution in [0.3, 0.4) is 0 Å². The van der Waals surface area contributed by atoms with Gasteiger partial charge in [-0.25, -0.2) is 4.98 Å². The molecule has 2 heterocycles. The molecule has 4 aromatic carbocycles. The highest BCUT2D eigenvalue weighted by atomic mass is 16.5. The number of rotatable bonds is 6. The zero-order valence-corrected chi connectivity index (χ0v) is 20.8. The fourth-order valence-electron chi connectivity index (χ4n) is 5.19. The van der Waals surface area contributed by atoms with Gasteiger partial charge in [0.05, 0.1) is 19.8 Å². The van der Waals surface area contributed by atoms with Gasteiger partial charge in [-0.1, -0.05) is 66.7 Å². The average Bonchev–Trinajstić information content (AvgIpc) is 2.96. The van der Waals surface area contributed by atoms with E-state index >= 15 is 0 Å². The number of nitrogens with zero attached hydrogens (tertiary/aromatic N) is 2. The summed E-state index contributed by atoms with van der Waals surface area (Å²) in [7, 11) is 3.27. The minimum absolute atomic E-state index is 0.167. The summed E-state index contributed by atoms with van der Waals surface area (Å²) in [6.07, 6.45) is 2.42. The monoisotopic (exact) mass is 489 g/mol. The lowest BCUT2D eigenvalue weighted by Gasteiger charge is -2.29. The van der Waals surface area contributed by atoms with Crippen LogP contribution in [0.2, 0.25) is 0 Å². The lowest BCUT2D eigenvalue weighted by atomic mass is 9.81. The fraction of sp³-hybridized carbons (Fsp3) is 0.161. The van der Waals surface area contributed by atoms with Gasteiger partial charge in [-0.2, -0.15) is 0 Å². The zero-order chi connectivity index (χ0) is 25.4. The second-order valence-electron chi connectivity index (χ2n) is 9.09. The largest absolute Gasteiger partial charge is 0.493 e. The lowest BCUT2D eigenvalue weighted by Crippen LogP contribution is -2.30. The highest BCUT2D eigenvalue weighted by Gasteiger charge is 2.33. The Hall–Kier alpha value is -4.58. The summed E-state index contributed by atoms with van der Waals surface area (Å²) in [5.74, 6) is 2.50. The number of hydrogen-bond donors (Lipinski definition) is 1. The summed E-state index contributed by atoms with van der Waals surface area (Å²) < 4.78 is 19.0. The van der Waals surface area contributed by atoms with E-state index in [9.17, 15) is 5.41 Å².